The number of hydrogen-bond donors (Lipinski definition) is 4. The van der Waals surface area contributed by atoms with E-state index in [0.29, 0.717) is 5.69 Å². The molecule has 0 fully saturated rings. The molecule has 9 heteroatoms. The number of hydrogen-bond acceptors (Lipinski definition) is 5. The summed E-state index contributed by atoms with van der Waals surface area (Å²) in [5.74, 6) is -2.79. The third-order valence-corrected chi connectivity index (χ3v) is 2.43. The fourth-order valence-electron chi connectivity index (χ4n) is 1.59. The number of aromatic amines is 1. The Morgan fingerprint density at radius 1 is 1.40 bits per heavy atom. The van der Waals surface area contributed by atoms with Gasteiger partial charge in [-0.05, 0) is 7.05 Å². The van der Waals surface area contributed by atoms with Crippen molar-refractivity contribution in [3.05, 3.63) is 18.2 Å². The van der Waals surface area contributed by atoms with Gasteiger partial charge in [0.25, 0.3) is 0 Å². The summed E-state index contributed by atoms with van der Waals surface area (Å²) in [5.41, 5.74) is 0.580. The number of nitrogens with one attached hydrogen (secondary N) is 2. The van der Waals surface area contributed by atoms with Crippen molar-refractivity contribution in [2.24, 2.45) is 0 Å². The largest absolute Gasteiger partial charge is 0.480 e. The summed E-state index contributed by atoms with van der Waals surface area (Å²) in [7, 11) is 1.46. The van der Waals surface area contributed by atoms with Crippen LogP contribution in [0.1, 0.15) is 5.69 Å². The normalized spacial score (nSPS) is 12.1. The molecule has 0 saturated heterocycles. The van der Waals surface area contributed by atoms with Crippen LogP contribution in [0.2, 0.25) is 0 Å². The van der Waals surface area contributed by atoms with E-state index in [1.54, 1.807) is 0 Å². The summed E-state index contributed by atoms with van der Waals surface area (Å²) in [5, 5.41) is 19.9. The van der Waals surface area contributed by atoms with Crippen molar-refractivity contribution < 1.29 is 24.6 Å². The van der Waals surface area contributed by atoms with Crippen LogP contribution < -0.4 is 5.32 Å². The Labute approximate surface area is 114 Å². The topological polar surface area (TPSA) is 136 Å². The first kappa shape index (κ1) is 15.6. The molecular formula is C11H16N4O5. The van der Waals surface area contributed by atoms with Crippen LogP contribution >= 0.6 is 0 Å². The number of carboxylic acid groups (broad SMARTS) is 2. The van der Waals surface area contributed by atoms with Crippen molar-refractivity contribution in [3.8, 4) is 0 Å². The minimum atomic E-state index is -1.17. The van der Waals surface area contributed by atoms with E-state index in [9.17, 15) is 14.4 Å². The predicted molar refractivity (Wildman–Crippen MR) is 67.0 cm³/mol. The minimum Gasteiger partial charge on any atom is -0.480 e. The number of likely N-dealkylation sites (N-methyl/N-ethyl adjacent to an activating group) is 1. The number of rotatable bonds is 8. The SMILES string of the molecule is CN(CC(=O)O)CC(=O)N[C@@H](Cc1cnc[nH]1)C(=O)O. The molecule has 0 aliphatic heterocycles. The standard InChI is InChI=1S/C11H16N4O5/c1-15(5-10(17)18)4-9(16)14-8(11(19)20)2-7-3-12-6-13-7/h3,6,8H,2,4-5H2,1H3,(H,12,13)(H,14,16)(H,17,18)(H,19,20)/t8-/m0/s1. The first-order valence-electron chi connectivity index (χ1n) is 5.78. The van der Waals surface area contributed by atoms with Gasteiger partial charge in [-0.2, -0.15) is 0 Å². The van der Waals surface area contributed by atoms with Crippen LogP contribution in [0.25, 0.3) is 0 Å². The molecule has 4 N–H and O–H groups in total. The molecule has 1 aromatic rings. The highest BCUT2D eigenvalue weighted by molar-refractivity contribution is 5.85. The van der Waals surface area contributed by atoms with E-state index in [4.69, 9.17) is 10.2 Å². The quantitative estimate of drug-likeness (QED) is 0.458. The molecule has 0 bridgehead atoms. The van der Waals surface area contributed by atoms with E-state index in [-0.39, 0.29) is 19.5 Å². The van der Waals surface area contributed by atoms with Crippen molar-refractivity contribution in [2.45, 2.75) is 12.5 Å². The summed E-state index contributed by atoms with van der Waals surface area (Å²) < 4.78 is 0. The lowest BCUT2D eigenvalue weighted by molar-refractivity contribution is -0.142. The molecule has 1 heterocycles. The van der Waals surface area contributed by atoms with Gasteiger partial charge >= 0.3 is 11.9 Å². The number of imidazole rings is 1. The molecule has 0 aromatic carbocycles. The molecule has 1 amide bonds. The molecular weight excluding hydrogens is 268 g/mol. The molecule has 20 heavy (non-hydrogen) atoms. The molecule has 0 radical (unpaired) electrons. The van der Waals surface area contributed by atoms with Crippen molar-refractivity contribution in [2.75, 3.05) is 20.1 Å². The van der Waals surface area contributed by atoms with E-state index in [1.165, 1.54) is 24.5 Å². The molecule has 0 aliphatic carbocycles. The van der Waals surface area contributed by atoms with E-state index in [0.717, 1.165) is 0 Å². The second-order valence-electron chi connectivity index (χ2n) is 4.31. The number of nitrogens with zero attached hydrogens (tertiary/aromatic N) is 2. The fourth-order valence-corrected chi connectivity index (χ4v) is 1.59. The summed E-state index contributed by atoms with van der Waals surface area (Å²) in [6.07, 6.45) is 2.96. The highest BCUT2D eigenvalue weighted by Crippen LogP contribution is 1.99. The molecule has 1 atom stereocenters. The second-order valence-corrected chi connectivity index (χ2v) is 4.31. The maximum absolute atomic E-state index is 11.6. The Bertz CT molecular complexity index is 473. The Hall–Kier alpha value is -2.42. The van der Waals surface area contributed by atoms with Gasteiger partial charge in [0.15, 0.2) is 0 Å². The lowest BCUT2D eigenvalue weighted by Gasteiger charge is -2.17. The van der Waals surface area contributed by atoms with Crippen molar-refractivity contribution >= 4 is 17.8 Å². The highest BCUT2D eigenvalue weighted by atomic mass is 16.4. The van der Waals surface area contributed by atoms with Gasteiger partial charge < -0.3 is 20.5 Å². The number of aromatic nitrogens is 2. The summed E-state index contributed by atoms with van der Waals surface area (Å²) >= 11 is 0. The molecule has 9 nitrogen and oxygen atoms in total. The second kappa shape index (κ2) is 7.24. The molecule has 110 valence electrons. The number of amides is 1. The lowest BCUT2D eigenvalue weighted by Crippen LogP contribution is -2.46. The lowest BCUT2D eigenvalue weighted by atomic mass is 10.1. The summed E-state index contributed by atoms with van der Waals surface area (Å²) in [4.78, 5) is 40.9. The number of H-pyrrole nitrogens is 1. The average molecular weight is 284 g/mol. The first-order valence-corrected chi connectivity index (χ1v) is 5.78. The van der Waals surface area contributed by atoms with Crippen LogP contribution in [0.3, 0.4) is 0 Å². The van der Waals surface area contributed by atoms with Gasteiger partial charge in [0.1, 0.15) is 6.04 Å². The van der Waals surface area contributed by atoms with Crippen LogP contribution in [0, 0.1) is 0 Å². The molecule has 1 aromatic heterocycles. The third kappa shape index (κ3) is 5.48. The van der Waals surface area contributed by atoms with Crippen molar-refractivity contribution in [1.82, 2.24) is 20.2 Å². The van der Waals surface area contributed by atoms with Crippen molar-refractivity contribution in [3.63, 3.8) is 0 Å². The van der Waals surface area contributed by atoms with Gasteiger partial charge in [-0.15, -0.1) is 0 Å². The zero-order chi connectivity index (χ0) is 15.1. The Kier molecular flexibility index (Phi) is 5.66. The maximum Gasteiger partial charge on any atom is 0.326 e. The molecule has 1 rings (SSSR count). The third-order valence-electron chi connectivity index (χ3n) is 2.43. The zero-order valence-electron chi connectivity index (χ0n) is 10.9. The minimum absolute atomic E-state index is 0.0731. The van der Waals surface area contributed by atoms with Gasteiger partial charge in [0.05, 0.1) is 19.4 Å². The number of carboxylic acids is 2. The van der Waals surface area contributed by atoms with Gasteiger partial charge in [0, 0.05) is 18.3 Å². The van der Waals surface area contributed by atoms with E-state index in [1.807, 2.05) is 0 Å². The number of aliphatic carboxylic acids is 2. The first-order chi connectivity index (χ1) is 9.38. The van der Waals surface area contributed by atoms with E-state index < -0.39 is 23.9 Å². The maximum atomic E-state index is 11.6. The molecule has 0 spiro atoms. The summed E-state index contributed by atoms with van der Waals surface area (Å²) in [6, 6.07) is -1.10. The zero-order valence-corrected chi connectivity index (χ0v) is 10.9. The monoisotopic (exact) mass is 284 g/mol. The Morgan fingerprint density at radius 3 is 2.60 bits per heavy atom. The van der Waals surface area contributed by atoms with Gasteiger partial charge in [-0.3, -0.25) is 14.5 Å². The number of carbonyl (C=O) groups excluding carboxylic acids is 1. The van der Waals surface area contributed by atoms with Crippen LogP contribution in [0.5, 0.6) is 0 Å². The van der Waals surface area contributed by atoms with E-state index >= 15 is 0 Å². The Balaban J connectivity index is 2.51. The van der Waals surface area contributed by atoms with Crippen LogP contribution in [-0.2, 0) is 20.8 Å². The summed E-state index contributed by atoms with van der Waals surface area (Å²) in [6.45, 7) is -0.495. The Morgan fingerprint density at radius 2 is 2.10 bits per heavy atom. The molecule has 0 aliphatic rings. The average Bonchev–Trinajstić information content (AvgIpc) is 2.79. The highest BCUT2D eigenvalue weighted by Gasteiger charge is 2.21. The predicted octanol–water partition coefficient (Wildman–Crippen LogP) is -1.46. The molecule has 0 saturated carbocycles. The van der Waals surface area contributed by atoms with Crippen LogP contribution in [0.15, 0.2) is 12.5 Å². The smallest absolute Gasteiger partial charge is 0.326 e. The van der Waals surface area contributed by atoms with Crippen LogP contribution in [0.4, 0.5) is 0 Å². The van der Waals surface area contributed by atoms with Gasteiger partial charge in [0.2, 0.25) is 5.91 Å². The van der Waals surface area contributed by atoms with Gasteiger partial charge in [-0.1, -0.05) is 0 Å². The molecule has 0 unspecified atom stereocenters. The van der Waals surface area contributed by atoms with Crippen molar-refractivity contribution in [1.29, 1.82) is 0 Å². The van der Waals surface area contributed by atoms with Gasteiger partial charge in [-0.25, -0.2) is 9.78 Å². The van der Waals surface area contributed by atoms with Crippen LogP contribution in [-0.4, -0.2) is 69.1 Å². The van der Waals surface area contributed by atoms with E-state index in [2.05, 4.69) is 15.3 Å². The fraction of sp³-hybridized carbons (Fsp3) is 0.455. The number of carbonyl (C=O) groups is 3.